The molecule has 1 aliphatic carbocycles. The molecule has 1 unspecified atom stereocenters. The third kappa shape index (κ3) is 1.67. The molecule has 96 valence electrons. The Balaban J connectivity index is 2.06. The number of amides is 1. The van der Waals surface area contributed by atoms with Crippen LogP contribution in [0.25, 0.3) is 0 Å². The fourth-order valence-electron chi connectivity index (χ4n) is 3.19. The van der Waals surface area contributed by atoms with Gasteiger partial charge in [0.15, 0.2) is 5.78 Å². The molecule has 4 nitrogen and oxygen atoms in total. The highest BCUT2D eigenvalue weighted by Crippen LogP contribution is 2.30. The first-order valence-electron chi connectivity index (χ1n) is 6.70. The van der Waals surface area contributed by atoms with Crippen molar-refractivity contribution in [3.05, 3.63) is 23.0 Å². The quantitative estimate of drug-likeness (QED) is 0.821. The van der Waals surface area contributed by atoms with Crippen molar-refractivity contribution < 1.29 is 9.59 Å². The lowest BCUT2D eigenvalue weighted by molar-refractivity contribution is -0.125. The number of carbonyl (C=O) groups is 2. The first kappa shape index (κ1) is 11.5. The van der Waals surface area contributed by atoms with E-state index in [4.69, 9.17) is 0 Å². The third-order valence-electron chi connectivity index (χ3n) is 4.02. The number of aryl methyl sites for hydroxylation is 1. The second-order valence-corrected chi connectivity index (χ2v) is 5.24. The summed E-state index contributed by atoms with van der Waals surface area (Å²) in [4.78, 5) is 23.9. The van der Waals surface area contributed by atoms with Crippen LogP contribution in [0.15, 0.2) is 6.07 Å². The predicted octanol–water partition coefficient (Wildman–Crippen LogP) is 1.77. The molecule has 2 aliphatic rings. The van der Waals surface area contributed by atoms with Crippen LogP contribution < -0.4 is 5.32 Å². The Hall–Kier alpha value is -1.58. The minimum atomic E-state index is -0.117. The van der Waals surface area contributed by atoms with Gasteiger partial charge in [-0.25, -0.2) is 0 Å². The van der Waals surface area contributed by atoms with Gasteiger partial charge in [0.1, 0.15) is 6.04 Å². The number of nitrogens with zero attached hydrogens (tertiary/aromatic N) is 1. The molecule has 18 heavy (non-hydrogen) atoms. The summed E-state index contributed by atoms with van der Waals surface area (Å²) in [5.74, 6) is 0.329. The van der Waals surface area contributed by atoms with Crippen molar-refractivity contribution in [2.45, 2.75) is 45.1 Å². The maximum absolute atomic E-state index is 12.0. The Kier molecular flexibility index (Phi) is 2.73. The molecule has 0 bridgehead atoms. The van der Waals surface area contributed by atoms with E-state index in [0.717, 1.165) is 49.2 Å². The van der Waals surface area contributed by atoms with E-state index in [1.54, 1.807) is 0 Å². The minimum absolute atomic E-state index is 0.0979. The first-order chi connectivity index (χ1) is 8.68. The van der Waals surface area contributed by atoms with E-state index in [0.29, 0.717) is 6.42 Å². The monoisotopic (exact) mass is 246 g/mol. The van der Waals surface area contributed by atoms with Gasteiger partial charge in [-0.1, -0.05) is 0 Å². The number of rotatable bonds is 1. The highest BCUT2D eigenvalue weighted by atomic mass is 16.2. The SMILES string of the molecule is Cc1cc2c(n1C1CCCNC1=O)CCCC2=O. The van der Waals surface area contributed by atoms with Gasteiger partial charge in [-0.05, 0) is 38.7 Å². The zero-order valence-corrected chi connectivity index (χ0v) is 10.7. The van der Waals surface area contributed by atoms with Crippen LogP contribution in [0.3, 0.4) is 0 Å². The van der Waals surface area contributed by atoms with Crippen molar-refractivity contribution in [3.63, 3.8) is 0 Å². The highest BCUT2D eigenvalue weighted by molar-refractivity contribution is 5.98. The summed E-state index contributed by atoms with van der Waals surface area (Å²) in [5.41, 5.74) is 2.96. The second kappa shape index (κ2) is 4.26. The zero-order valence-electron chi connectivity index (χ0n) is 10.7. The van der Waals surface area contributed by atoms with Crippen LogP contribution in [-0.4, -0.2) is 22.8 Å². The molecule has 1 aromatic heterocycles. The molecule has 3 rings (SSSR count). The van der Waals surface area contributed by atoms with Crippen LogP contribution in [0.5, 0.6) is 0 Å². The van der Waals surface area contributed by atoms with Crippen molar-refractivity contribution in [1.82, 2.24) is 9.88 Å². The number of ketones is 1. The van der Waals surface area contributed by atoms with Crippen molar-refractivity contribution in [3.8, 4) is 0 Å². The van der Waals surface area contributed by atoms with E-state index < -0.39 is 0 Å². The van der Waals surface area contributed by atoms with Crippen LogP contribution in [-0.2, 0) is 11.2 Å². The number of Topliss-reactive ketones (excluding diaryl/α,β-unsaturated/α-hetero) is 1. The number of hydrogen-bond donors (Lipinski definition) is 1. The fourth-order valence-corrected chi connectivity index (χ4v) is 3.19. The normalized spacial score (nSPS) is 23.7. The molecule has 0 aromatic carbocycles. The standard InChI is InChI=1S/C14H18N2O2/c1-9-8-10-11(4-2-6-13(10)17)16(9)12-5-3-7-15-14(12)18/h8,12H,2-7H2,1H3,(H,15,18). The van der Waals surface area contributed by atoms with Crippen molar-refractivity contribution in [1.29, 1.82) is 0 Å². The number of fused-ring (bicyclic) bond motifs is 1. The Morgan fingerprint density at radius 3 is 2.89 bits per heavy atom. The topological polar surface area (TPSA) is 51.1 Å². The lowest BCUT2D eigenvalue weighted by atomic mass is 9.96. The minimum Gasteiger partial charge on any atom is -0.354 e. The van der Waals surface area contributed by atoms with E-state index in [1.165, 1.54) is 0 Å². The molecule has 1 fully saturated rings. The Labute approximate surface area is 106 Å². The van der Waals surface area contributed by atoms with Crippen molar-refractivity contribution in [2.24, 2.45) is 0 Å². The molecule has 2 heterocycles. The molecule has 1 saturated heterocycles. The van der Waals surface area contributed by atoms with Crippen molar-refractivity contribution in [2.75, 3.05) is 6.54 Å². The molecule has 1 amide bonds. The summed E-state index contributed by atoms with van der Waals surface area (Å²) in [6.45, 7) is 2.77. The van der Waals surface area contributed by atoms with Gasteiger partial charge >= 0.3 is 0 Å². The largest absolute Gasteiger partial charge is 0.354 e. The summed E-state index contributed by atoms with van der Waals surface area (Å²) < 4.78 is 2.10. The third-order valence-corrected chi connectivity index (χ3v) is 4.02. The van der Waals surface area contributed by atoms with Gasteiger partial charge in [0.25, 0.3) is 0 Å². The number of piperidine rings is 1. The first-order valence-corrected chi connectivity index (χ1v) is 6.70. The van der Waals surface area contributed by atoms with E-state index >= 15 is 0 Å². The fraction of sp³-hybridized carbons (Fsp3) is 0.571. The van der Waals surface area contributed by atoms with E-state index in [2.05, 4.69) is 9.88 Å². The molecular weight excluding hydrogens is 228 g/mol. The zero-order chi connectivity index (χ0) is 12.7. The van der Waals surface area contributed by atoms with Crippen molar-refractivity contribution >= 4 is 11.7 Å². The summed E-state index contributed by atoms with van der Waals surface area (Å²) in [7, 11) is 0. The average molecular weight is 246 g/mol. The second-order valence-electron chi connectivity index (χ2n) is 5.24. The van der Waals surface area contributed by atoms with Gasteiger partial charge in [-0.3, -0.25) is 9.59 Å². The van der Waals surface area contributed by atoms with Crippen LogP contribution in [0.2, 0.25) is 0 Å². The molecule has 0 saturated carbocycles. The van der Waals surface area contributed by atoms with E-state index in [-0.39, 0.29) is 17.7 Å². The lowest BCUT2D eigenvalue weighted by Crippen LogP contribution is -2.39. The van der Waals surface area contributed by atoms with Gasteiger partial charge in [0, 0.05) is 29.9 Å². The van der Waals surface area contributed by atoms with E-state index in [9.17, 15) is 9.59 Å². The highest BCUT2D eigenvalue weighted by Gasteiger charge is 2.30. The number of aromatic nitrogens is 1. The van der Waals surface area contributed by atoms with Crippen LogP contribution in [0.4, 0.5) is 0 Å². The number of hydrogen-bond acceptors (Lipinski definition) is 2. The summed E-state index contributed by atoms with van der Waals surface area (Å²) in [6, 6.07) is 1.84. The number of nitrogens with one attached hydrogen (secondary N) is 1. The molecule has 1 N–H and O–H groups in total. The Morgan fingerprint density at radius 1 is 1.28 bits per heavy atom. The van der Waals surface area contributed by atoms with Gasteiger partial charge in [0.2, 0.25) is 5.91 Å². The molecular formula is C14H18N2O2. The summed E-state index contributed by atoms with van der Waals surface area (Å²) in [6.07, 6.45) is 4.36. The molecule has 1 aromatic rings. The lowest BCUT2D eigenvalue weighted by Gasteiger charge is -2.27. The Bertz CT molecular complexity index is 516. The van der Waals surface area contributed by atoms with Crippen LogP contribution >= 0.6 is 0 Å². The van der Waals surface area contributed by atoms with Crippen LogP contribution in [0.1, 0.15) is 53.5 Å². The summed E-state index contributed by atoms with van der Waals surface area (Å²) in [5, 5.41) is 2.92. The molecule has 1 atom stereocenters. The van der Waals surface area contributed by atoms with Gasteiger partial charge in [-0.15, -0.1) is 0 Å². The average Bonchev–Trinajstić information content (AvgIpc) is 2.68. The molecule has 1 aliphatic heterocycles. The Morgan fingerprint density at radius 2 is 2.11 bits per heavy atom. The van der Waals surface area contributed by atoms with Gasteiger partial charge in [0.05, 0.1) is 0 Å². The van der Waals surface area contributed by atoms with Gasteiger partial charge in [-0.2, -0.15) is 0 Å². The predicted molar refractivity (Wildman–Crippen MR) is 67.7 cm³/mol. The van der Waals surface area contributed by atoms with Gasteiger partial charge < -0.3 is 9.88 Å². The molecule has 0 spiro atoms. The maximum Gasteiger partial charge on any atom is 0.243 e. The number of carbonyl (C=O) groups excluding carboxylic acids is 2. The summed E-state index contributed by atoms with van der Waals surface area (Å²) >= 11 is 0. The van der Waals surface area contributed by atoms with Crippen LogP contribution in [0, 0.1) is 6.92 Å². The smallest absolute Gasteiger partial charge is 0.243 e. The van der Waals surface area contributed by atoms with E-state index in [1.807, 2.05) is 13.0 Å². The molecule has 4 heteroatoms. The maximum atomic E-state index is 12.0. The molecule has 0 radical (unpaired) electrons.